The maximum atomic E-state index is 13.2. The first-order chi connectivity index (χ1) is 18.0. The zero-order valence-electron chi connectivity index (χ0n) is 19.8. The monoisotopic (exact) mass is 532 g/mol. The second-order valence-corrected chi connectivity index (χ2v) is 9.89. The molecule has 0 fully saturated rings. The second kappa shape index (κ2) is 12.7. The maximum Gasteiger partial charge on any atom is 0.272 e. The van der Waals surface area contributed by atoms with Crippen molar-refractivity contribution in [1.82, 2.24) is 10.3 Å². The Hall–Kier alpha value is -4.15. The standard InChI is InChI=1S/C27H24N4O4S2/c1-2-23(26(34)31-27-28-13-15-36-27)37-21-12-6-10-19(16-21)29-25(33)22(17-20-11-7-14-35-20)30-24(32)18-8-4-3-5-9-18/h3-17,23H,2H2,1H3,(H,29,33)(H,30,32)(H,28,31,34)/b22-17-. The molecule has 0 saturated heterocycles. The van der Waals surface area contributed by atoms with Crippen molar-refractivity contribution < 1.29 is 18.8 Å². The Balaban J connectivity index is 1.47. The van der Waals surface area contributed by atoms with Gasteiger partial charge >= 0.3 is 0 Å². The summed E-state index contributed by atoms with van der Waals surface area (Å²) in [4.78, 5) is 43.5. The number of thioether (sulfide) groups is 1. The molecule has 1 unspecified atom stereocenters. The second-order valence-electron chi connectivity index (χ2n) is 7.72. The molecule has 0 aliphatic rings. The molecule has 0 spiro atoms. The van der Waals surface area contributed by atoms with Crippen LogP contribution in [0.1, 0.15) is 29.5 Å². The average Bonchev–Trinajstić information content (AvgIpc) is 3.62. The minimum absolute atomic E-state index is 0.0242. The molecule has 2 aromatic heterocycles. The molecule has 0 radical (unpaired) electrons. The molecule has 0 bridgehead atoms. The van der Waals surface area contributed by atoms with Crippen molar-refractivity contribution in [2.45, 2.75) is 23.5 Å². The molecule has 4 rings (SSSR count). The summed E-state index contributed by atoms with van der Waals surface area (Å²) >= 11 is 2.75. The van der Waals surface area contributed by atoms with Gasteiger partial charge in [0, 0.05) is 33.8 Å². The first-order valence-electron chi connectivity index (χ1n) is 11.4. The lowest BCUT2D eigenvalue weighted by atomic mass is 10.2. The van der Waals surface area contributed by atoms with E-state index in [9.17, 15) is 14.4 Å². The van der Waals surface area contributed by atoms with E-state index >= 15 is 0 Å². The van der Waals surface area contributed by atoms with Gasteiger partial charge in [0.05, 0.1) is 11.5 Å². The summed E-state index contributed by atoms with van der Waals surface area (Å²) < 4.78 is 5.33. The number of thiazole rings is 1. The first-order valence-corrected chi connectivity index (χ1v) is 13.2. The normalized spacial score (nSPS) is 12.0. The zero-order chi connectivity index (χ0) is 26.0. The number of hydrogen-bond acceptors (Lipinski definition) is 7. The minimum Gasteiger partial charge on any atom is -0.465 e. The Morgan fingerprint density at radius 3 is 2.59 bits per heavy atom. The first kappa shape index (κ1) is 25.9. The van der Waals surface area contributed by atoms with Crippen molar-refractivity contribution in [3.8, 4) is 0 Å². The number of aromatic nitrogens is 1. The largest absolute Gasteiger partial charge is 0.465 e. The van der Waals surface area contributed by atoms with Crippen LogP contribution < -0.4 is 16.0 Å². The van der Waals surface area contributed by atoms with E-state index in [1.54, 1.807) is 72.2 Å². The number of hydrogen-bond donors (Lipinski definition) is 3. The molecular weight excluding hydrogens is 508 g/mol. The van der Waals surface area contributed by atoms with Crippen molar-refractivity contribution >= 4 is 57.7 Å². The molecule has 4 aromatic rings. The van der Waals surface area contributed by atoms with E-state index in [0.717, 1.165) is 4.90 Å². The third-order valence-electron chi connectivity index (χ3n) is 5.05. The lowest BCUT2D eigenvalue weighted by Crippen LogP contribution is -2.30. The number of carbonyl (C=O) groups is 3. The van der Waals surface area contributed by atoms with E-state index in [1.165, 1.54) is 35.4 Å². The van der Waals surface area contributed by atoms with E-state index in [1.807, 2.05) is 13.0 Å². The lowest BCUT2D eigenvalue weighted by Gasteiger charge is -2.15. The van der Waals surface area contributed by atoms with Crippen molar-refractivity contribution in [2.75, 3.05) is 10.6 Å². The van der Waals surface area contributed by atoms with Gasteiger partial charge in [-0.15, -0.1) is 23.1 Å². The summed E-state index contributed by atoms with van der Waals surface area (Å²) in [5, 5.41) is 10.3. The summed E-state index contributed by atoms with van der Waals surface area (Å²) in [6, 6.07) is 19.2. The van der Waals surface area contributed by atoms with Crippen LogP contribution in [0.15, 0.2) is 99.6 Å². The Labute approximate surface area is 222 Å². The molecule has 0 aliphatic heterocycles. The van der Waals surface area contributed by atoms with Crippen LogP contribution >= 0.6 is 23.1 Å². The molecule has 1 atom stereocenters. The van der Waals surface area contributed by atoms with Gasteiger partial charge in [0.15, 0.2) is 5.13 Å². The number of rotatable bonds is 10. The molecule has 3 N–H and O–H groups in total. The smallest absolute Gasteiger partial charge is 0.272 e. The third kappa shape index (κ3) is 7.42. The highest BCUT2D eigenvalue weighted by Crippen LogP contribution is 2.29. The molecule has 3 amide bonds. The predicted molar refractivity (Wildman–Crippen MR) is 146 cm³/mol. The highest BCUT2D eigenvalue weighted by molar-refractivity contribution is 8.00. The van der Waals surface area contributed by atoms with Crippen LogP contribution in [0.3, 0.4) is 0 Å². The molecule has 37 heavy (non-hydrogen) atoms. The van der Waals surface area contributed by atoms with Gasteiger partial charge in [0.2, 0.25) is 5.91 Å². The number of amides is 3. The summed E-state index contributed by atoms with van der Waals surface area (Å²) in [5.41, 5.74) is 0.960. The van der Waals surface area contributed by atoms with Crippen molar-refractivity contribution in [1.29, 1.82) is 0 Å². The number of nitrogens with zero attached hydrogens (tertiary/aromatic N) is 1. The van der Waals surface area contributed by atoms with Gasteiger partial charge in [0.25, 0.3) is 11.8 Å². The third-order valence-corrected chi connectivity index (χ3v) is 7.10. The van der Waals surface area contributed by atoms with Crippen molar-refractivity contribution in [3.05, 3.63) is 102 Å². The Kier molecular flexibility index (Phi) is 8.90. The van der Waals surface area contributed by atoms with E-state index in [-0.39, 0.29) is 16.9 Å². The van der Waals surface area contributed by atoms with E-state index < -0.39 is 11.8 Å². The quantitative estimate of drug-likeness (QED) is 0.180. The summed E-state index contributed by atoms with van der Waals surface area (Å²) in [6.07, 6.45) is 5.19. The number of carbonyl (C=O) groups excluding carboxylic acids is 3. The number of nitrogens with one attached hydrogen (secondary N) is 3. The highest BCUT2D eigenvalue weighted by Gasteiger charge is 2.20. The zero-order valence-corrected chi connectivity index (χ0v) is 21.5. The molecule has 2 heterocycles. The Bertz CT molecular complexity index is 1370. The van der Waals surface area contributed by atoms with Crippen LogP contribution in [0, 0.1) is 0 Å². The topological polar surface area (TPSA) is 113 Å². The van der Waals surface area contributed by atoms with E-state index in [0.29, 0.717) is 28.6 Å². The number of anilines is 2. The molecule has 8 nitrogen and oxygen atoms in total. The fourth-order valence-electron chi connectivity index (χ4n) is 3.26. The molecule has 188 valence electrons. The van der Waals surface area contributed by atoms with E-state index in [4.69, 9.17) is 4.42 Å². The van der Waals surface area contributed by atoms with Crippen LogP contribution in [0.2, 0.25) is 0 Å². The predicted octanol–water partition coefficient (Wildman–Crippen LogP) is 5.66. The van der Waals surface area contributed by atoms with Crippen molar-refractivity contribution in [3.63, 3.8) is 0 Å². The molecule has 2 aromatic carbocycles. The van der Waals surface area contributed by atoms with Gasteiger partial charge in [-0.1, -0.05) is 31.2 Å². The Morgan fingerprint density at radius 2 is 1.89 bits per heavy atom. The van der Waals surface area contributed by atoms with Crippen LogP contribution in [-0.2, 0) is 9.59 Å². The Morgan fingerprint density at radius 1 is 1.05 bits per heavy atom. The van der Waals surface area contributed by atoms with Crippen LogP contribution in [-0.4, -0.2) is 28.0 Å². The fourth-order valence-corrected chi connectivity index (χ4v) is 4.81. The minimum atomic E-state index is -0.517. The van der Waals surface area contributed by atoms with Crippen molar-refractivity contribution in [2.24, 2.45) is 0 Å². The summed E-state index contributed by atoms with van der Waals surface area (Å²) in [5.74, 6) is -0.657. The van der Waals surface area contributed by atoms with Crippen LogP contribution in [0.25, 0.3) is 6.08 Å². The van der Waals surface area contributed by atoms with Gasteiger partial charge in [0.1, 0.15) is 11.5 Å². The van der Waals surface area contributed by atoms with Gasteiger partial charge in [-0.2, -0.15) is 0 Å². The van der Waals surface area contributed by atoms with Gasteiger partial charge in [-0.05, 0) is 48.9 Å². The number of benzene rings is 2. The van der Waals surface area contributed by atoms with Crippen LogP contribution in [0.5, 0.6) is 0 Å². The highest BCUT2D eigenvalue weighted by atomic mass is 32.2. The summed E-state index contributed by atoms with van der Waals surface area (Å²) in [6.45, 7) is 1.94. The van der Waals surface area contributed by atoms with Gasteiger partial charge in [-0.3, -0.25) is 14.4 Å². The van der Waals surface area contributed by atoms with Gasteiger partial charge < -0.3 is 20.4 Å². The fraction of sp³-hybridized carbons (Fsp3) is 0.111. The average molecular weight is 533 g/mol. The lowest BCUT2D eigenvalue weighted by molar-refractivity contribution is -0.116. The van der Waals surface area contributed by atoms with Gasteiger partial charge in [-0.25, -0.2) is 4.98 Å². The molecule has 0 saturated carbocycles. The molecule has 10 heteroatoms. The SMILES string of the molecule is CCC(Sc1cccc(NC(=O)/C(=C/c2ccco2)NC(=O)c2ccccc2)c1)C(=O)Nc1nccs1. The molecular formula is C27H24N4O4S2. The summed E-state index contributed by atoms with van der Waals surface area (Å²) in [7, 11) is 0. The maximum absolute atomic E-state index is 13.2. The van der Waals surface area contributed by atoms with E-state index in [2.05, 4.69) is 20.9 Å². The molecule has 0 aliphatic carbocycles. The van der Waals surface area contributed by atoms with Crippen LogP contribution in [0.4, 0.5) is 10.8 Å². The number of furan rings is 1.